The fourth-order valence-corrected chi connectivity index (χ4v) is 1.52. The van der Waals surface area contributed by atoms with Gasteiger partial charge in [0.05, 0.1) is 12.4 Å². The average Bonchev–Trinajstić information content (AvgIpc) is 2.16. The molecule has 2 nitrogen and oxygen atoms in total. The number of ketones is 1. The molecule has 0 N–H and O–H groups in total. The Labute approximate surface area is 92.4 Å². The minimum Gasteiger partial charge on any atom is -0.497 e. The molecule has 0 heterocycles. The summed E-state index contributed by atoms with van der Waals surface area (Å²) in [5.41, 5.74) is 2.12. The third-order valence-corrected chi connectivity index (χ3v) is 2.52. The molecular formula is C11H13BrO2. The number of methoxy groups -OCH3 is 1. The summed E-state index contributed by atoms with van der Waals surface area (Å²) < 4.78 is 5.13. The van der Waals surface area contributed by atoms with Gasteiger partial charge in [-0.05, 0) is 30.2 Å². The number of carbonyl (C=O) groups is 1. The number of aryl methyl sites for hydroxylation is 1. The van der Waals surface area contributed by atoms with E-state index in [4.69, 9.17) is 4.74 Å². The molecule has 0 bridgehead atoms. The number of benzene rings is 1. The van der Waals surface area contributed by atoms with E-state index < -0.39 is 0 Å². The molecule has 0 fully saturated rings. The topological polar surface area (TPSA) is 26.3 Å². The van der Waals surface area contributed by atoms with E-state index in [1.54, 1.807) is 7.11 Å². The van der Waals surface area contributed by atoms with Gasteiger partial charge in [-0.2, -0.15) is 0 Å². The van der Waals surface area contributed by atoms with Gasteiger partial charge in [-0.3, -0.25) is 4.79 Å². The van der Waals surface area contributed by atoms with Gasteiger partial charge in [-0.25, -0.2) is 0 Å². The Balaban J connectivity index is 2.86. The molecule has 1 rings (SSSR count). The van der Waals surface area contributed by atoms with Crippen LogP contribution < -0.4 is 4.74 Å². The number of carbonyl (C=O) groups excluding carboxylic acids is 1. The Bertz CT molecular complexity index is 334. The van der Waals surface area contributed by atoms with Gasteiger partial charge in [-0.1, -0.05) is 22.0 Å². The van der Waals surface area contributed by atoms with Gasteiger partial charge in [-0.15, -0.1) is 0 Å². The van der Waals surface area contributed by atoms with Crippen LogP contribution in [0.15, 0.2) is 18.2 Å². The van der Waals surface area contributed by atoms with Crippen molar-refractivity contribution in [2.24, 2.45) is 0 Å². The van der Waals surface area contributed by atoms with Crippen molar-refractivity contribution in [1.29, 1.82) is 0 Å². The van der Waals surface area contributed by atoms with Crippen LogP contribution in [0.25, 0.3) is 0 Å². The molecular weight excluding hydrogens is 244 g/mol. The number of halogens is 1. The SMILES string of the molecule is COc1cc(C)cc(CC(=O)CBr)c1. The fraction of sp³-hybridized carbons (Fsp3) is 0.364. The molecule has 14 heavy (non-hydrogen) atoms. The molecule has 0 saturated heterocycles. The molecule has 3 heteroatoms. The maximum absolute atomic E-state index is 11.2. The summed E-state index contributed by atoms with van der Waals surface area (Å²) in [5.74, 6) is 0.986. The number of Topliss-reactive ketones (excluding diaryl/α,β-unsaturated/α-hetero) is 1. The Morgan fingerprint density at radius 1 is 1.43 bits per heavy atom. The zero-order valence-corrected chi connectivity index (χ0v) is 9.93. The first-order valence-electron chi connectivity index (χ1n) is 4.38. The van der Waals surface area contributed by atoms with E-state index in [1.807, 2.05) is 25.1 Å². The van der Waals surface area contributed by atoms with E-state index in [2.05, 4.69) is 15.9 Å². The van der Waals surface area contributed by atoms with Crippen molar-refractivity contribution in [3.05, 3.63) is 29.3 Å². The number of rotatable bonds is 4. The van der Waals surface area contributed by atoms with Crippen molar-refractivity contribution in [1.82, 2.24) is 0 Å². The smallest absolute Gasteiger partial charge is 0.147 e. The van der Waals surface area contributed by atoms with E-state index in [9.17, 15) is 4.79 Å². The molecule has 0 aliphatic heterocycles. The van der Waals surface area contributed by atoms with Crippen molar-refractivity contribution in [2.75, 3.05) is 12.4 Å². The van der Waals surface area contributed by atoms with Crippen LogP contribution >= 0.6 is 15.9 Å². The molecule has 0 unspecified atom stereocenters. The van der Waals surface area contributed by atoms with Crippen LogP contribution in [-0.2, 0) is 11.2 Å². The number of hydrogen-bond acceptors (Lipinski definition) is 2. The second-order valence-electron chi connectivity index (χ2n) is 3.21. The standard InChI is InChI=1S/C11H13BrO2/c1-8-3-9(5-10(13)7-12)6-11(4-8)14-2/h3-4,6H,5,7H2,1-2H3. The molecule has 1 aromatic carbocycles. The minimum absolute atomic E-state index is 0.178. The van der Waals surface area contributed by atoms with Crippen molar-refractivity contribution in [2.45, 2.75) is 13.3 Å². The Kier molecular flexibility index (Phi) is 4.14. The monoisotopic (exact) mass is 256 g/mol. The van der Waals surface area contributed by atoms with E-state index in [0.717, 1.165) is 16.9 Å². The summed E-state index contributed by atoms with van der Waals surface area (Å²) in [6, 6.07) is 5.85. The largest absolute Gasteiger partial charge is 0.497 e. The second kappa shape index (κ2) is 5.15. The lowest BCUT2D eigenvalue weighted by Crippen LogP contribution is -2.03. The Morgan fingerprint density at radius 2 is 2.14 bits per heavy atom. The quantitative estimate of drug-likeness (QED) is 0.775. The van der Waals surface area contributed by atoms with E-state index in [0.29, 0.717) is 11.8 Å². The number of hydrogen-bond donors (Lipinski definition) is 0. The van der Waals surface area contributed by atoms with Crippen LogP contribution in [0.4, 0.5) is 0 Å². The normalized spacial score (nSPS) is 9.93. The maximum Gasteiger partial charge on any atom is 0.147 e. The second-order valence-corrected chi connectivity index (χ2v) is 3.77. The zero-order chi connectivity index (χ0) is 10.6. The molecule has 0 atom stereocenters. The Hall–Kier alpha value is -0.830. The molecule has 0 aromatic heterocycles. The highest BCUT2D eigenvalue weighted by Crippen LogP contribution is 2.17. The highest BCUT2D eigenvalue weighted by Gasteiger charge is 2.04. The molecule has 0 radical (unpaired) electrons. The van der Waals surface area contributed by atoms with Gasteiger partial charge in [0.25, 0.3) is 0 Å². The van der Waals surface area contributed by atoms with Gasteiger partial charge < -0.3 is 4.74 Å². The number of alkyl halides is 1. The first-order chi connectivity index (χ1) is 6.65. The van der Waals surface area contributed by atoms with E-state index >= 15 is 0 Å². The average molecular weight is 257 g/mol. The lowest BCUT2D eigenvalue weighted by atomic mass is 10.1. The van der Waals surface area contributed by atoms with Crippen LogP contribution in [0.2, 0.25) is 0 Å². The molecule has 0 saturated carbocycles. The first kappa shape index (κ1) is 11.2. The van der Waals surface area contributed by atoms with E-state index in [1.165, 1.54) is 0 Å². The summed E-state index contributed by atoms with van der Waals surface area (Å²) in [5, 5.41) is 0.406. The minimum atomic E-state index is 0.178. The lowest BCUT2D eigenvalue weighted by Gasteiger charge is -2.05. The van der Waals surface area contributed by atoms with E-state index in [-0.39, 0.29) is 5.78 Å². The highest BCUT2D eigenvalue weighted by atomic mass is 79.9. The zero-order valence-electron chi connectivity index (χ0n) is 8.34. The molecule has 0 amide bonds. The Morgan fingerprint density at radius 3 is 2.71 bits per heavy atom. The van der Waals surface area contributed by atoms with Gasteiger partial charge in [0.1, 0.15) is 11.5 Å². The molecule has 1 aromatic rings. The van der Waals surface area contributed by atoms with Crippen molar-refractivity contribution in [3.8, 4) is 5.75 Å². The third kappa shape index (κ3) is 3.14. The summed E-state index contributed by atoms with van der Waals surface area (Å²) in [4.78, 5) is 11.2. The first-order valence-corrected chi connectivity index (χ1v) is 5.50. The summed E-state index contributed by atoms with van der Waals surface area (Å²) in [6.45, 7) is 1.99. The van der Waals surface area contributed by atoms with Crippen LogP contribution in [0.3, 0.4) is 0 Å². The highest BCUT2D eigenvalue weighted by molar-refractivity contribution is 9.09. The summed E-state index contributed by atoms with van der Waals surface area (Å²) >= 11 is 3.15. The molecule has 0 aliphatic carbocycles. The molecule has 76 valence electrons. The molecule has 0 aliphatic rings. The van der Waals surface area contributed by atoms with Crippen LogP contribution in [0.1, 0.15) is 11.1 Å². The molecule has 0 spiro atoms. The lowest BCUT2D eigenvalue weighted by molar-refractivity contribution is -0.115. The fourth-order valence-electron chi connectivity index (χ4n) is 1.32. The van der Waals surface area contributed by atoms with Gasteiger partial charge in [0, 0.05) is 6.42 Å². The summed E-state index contributed by atoms with van der Waals surface area (Å²) in [6.07, 6.45) is 0.462. The summed E-state index contributed by atoms with van der Waals surface area (Å²) in [7, 11) is 1.63. The van der Waals surface area contributed by atoms with Gasteiger partial charge in [0.15, 0.2) is 0 Å². The van der Waals surface area contributed by atoms with Crippen LogP contribution in [0.5, 0.6) is 5.75 Å². The predicted molar refractivity (Wildman–Crippen MR) is 60.2 cm³/mol. The number of ether oxygens (including phenoxy) is 1. The van der Waals surface area contributed by atoms with Crippen LogP contribution in [-0.4, -0.2) is 18.2 Å². The van der Waals surface area contributed by atoms with Crippen LogP contribution in [0, 0.1) is 6.92 Å². The van der Waals surface area contributed by atoms with Crippen molar-refractivity contribution < 1.29 is 9.53 Å². The van der Waals surface area contributed by atoms with Crippen molar-refractivity contribution in [3.63, 3.8) is 0 Å². The van der Waals surface area contributed by atoms with Gasteiger partial charge in [0.2, 0.25) is 0 Å². The van der Waals surface area contributed by atoms with Crippen molar-refractivity contribution >= 4 is 21.7 Å². The predicted octanol–water partition coefficient (Wildman–Crippen LogP) is 2.51. The van der Waals surface area contributed by atoms with Gasteiger partial charge >= 0.3 is 0 Å². The maximum atomic E-state index is 11.2. The third-order valence-electron chi connectivity index (χ3n) is 1.90.